The Morgan fingerprint density at radius 2 is 1.88 bits per heavy atom. The van der Waals surface area contributed by atoms with Crippen molar-refractivity contribution in [2.24, 2.45) is 13.0 Å². The van der Waals surface area contributed by atoms with E-state index in [1.54, 1.807) is 38.3 Å². The van der Waals surface area contributed by atoms with Gasteiger partial charge in [-0.05, 0) is 37.8 Å². The van der Waals surface area contributed by atoms with E-state index < -0.39 is 5.97 Å². The van der Waals surface area contributed by atoms with Crippen molar-refractivity contribution >= 4 is 29.1 Å². The fraction of sp³-hybridized carbons (Fsp3) is 0.429. The van der Waals surface area contributed by atoms with Crippen molar-refractivity contribution in [3.63, 3.8) is 0 Å². The first kappa shape index (κ1) is 28.5. The van der Waals surface area contributed by atoms with Gasteiger partial charge in [0.1, 0.15) is 11.9 Å². The summed E-state index contributed by atoms with van der Waals surface area (Å²) in [5.41, 5.74) is 2.21. The number of hydrogen-bond acceptors (Lipinski definition) is 10. The molecule has 0 unspecified atom stereocenters. The van der Waals surface area contributed by atoms with Crippen molar-refractivity contribution in [1.29, 1.82) is 0 Å². The summed E-state index contributed by atoms with van der Waals surface area (Å²) < 4.78 is 14.5. The van der Waals surface area contributed by atoms with Gasteiger partial charge in [-0.15, -0.1) is 0 Å². The molecule has 0 aliphatic carbocycles. The molecule has 4 aromatic rings. The van der Waals surface area contributed by atoms with Crippen LogP contribution in [0, 0.1) is 5.92 Å². The van der Waals surface area contributed by atoms with Gasteiger partial charge >= 0.3 is 5.97 Å². The predicted molar refractivity (Wildman–Crippen MR) is 153 cm³/mol. The van der Waals surface area contributed by atoms with Crippen LogP contribution < -0.4 is 15.4 Å². The van der Waals surface area contributed by atoms with Crippen molar-refractivity contribution in [2.45, 2.75) is 53.0 Å². The molecular weight excluding hydrogens is 510 g/mol. The van der Waals surface area contributed by atoms with Gasteiger partial charge < -0.3 is 20.1 Å². The van der Waals surface area contributed by atoms with Crippen molar-refractivity contribution in [3.8, 4) is 17.1 Å². The normalized spacial score (nSPS) is 11.1. The zero-order chi connectivity index (χ0) is 28.5. The van der Waals surface area contributed by atoms with Gasteiger partial charge in [-0.1, -0.05) is 32.8 Å². The molecule has 12 heteroatoms. The number of anilines is 4. The number of esters is 1. The minimum absolute atomic E-state index is 0.188. The molecule has 0 fully saturated rings. The van der Waals surface area contributed by atoms with Gasteiger partial charge in [-0.3, -0.25) is 9.36 Å². The predicted octanol–water partition coefficient (Wildman–Crippen LogP) is 5.36. The summed E-state index contributed by atoms with van der Waals surface area (Å²) in [6, 6.07) is 5.53. The number of nitrogens with one attached hydrogen (secondary N) is 2. The zero-order valence-corrected chi connectivity index (χ0v) is 23.7. The second-order valence-corrected chi connectivity index (χ2v) is 9.45. The Morgan fingerprint density at radius 3 is 2.55 bits per heavy atom. The number of hydrogen-bond donors (Lipinski definition) is 2. The van der Waals surface area contributed by atoms with Crippen molar-refractivity contribution in [3.05, 3.63) is 48.7 Å². The molecule has 0 bridgehead atoms. The molecule has 4 rings (SSSR count). The number of para-hydroxylation sites is 1. The van der Waals surface area contributed by atoms with Gasteiger partial charge in [0.05, 0.1) is 36.9 Å². The summed E-state index contributed by atoms with van der Waals surface area (Å²) >= 11 is 0. The molecule has 12 nitrogen and oxygen atoms in total. The van der Waals surface area contributed by atoms with Gasteiger partial charge in [0.2, 0.25) is 5.95 Å². The van der Waals surface area contributed by atoms with E-state index in [-0.39, 0.29) is 18.0 Å². The van der Waals surface area contributed by atoms with Crippen molar-refractivity contribution in [2.75, 3.05) is 24.4 Å². The summed E-state index contributed by atoms with van der Waals surface area (Å²) in [5.74, 6) is 1.63. The second-order valence-electron chi connectivity index (χ2n) is 9.45. The van der Waals surface area contributed by atoms with E-state index in [1.165, 1.54) is 19.0 Å². The van der Waals surface area contributed by atoms with Crippen LogP contribution in [0.4, 0.5) is 23.1 Å². The fourth-order valence-electron chi connectivity index (χ4n) is 4.58. The lowest BCUT2D eigenvalue weighted by Gasteiger charge is -2.16. The first-order valence-electron chi connectivity index (χ1n) is 13.6. The van der Waals surface area contributed by atoms with Crippen LogP contribution in [0.2, 0.25) is 0 Å². The molecule has 0 aliphatic rings. The number of carbonyl (C=O) groups is 1. The van der Waals surface area contributed by atoms with Gasteiger partial charge in [0, 0.05) is 26.0 Å². The third kappa shape index (κ3) is 6.93. The van der Waals surface area contributed by atoms with E-state index in [1.807, 2.05) is 29.1 Å². The molecular formula is C28H37N9O3. The minimum Gasteiger partial charge on any atom is -0.494 e. The number of aromatic nitrogens is 7. The highest BCUT2D eigenvalue weighted by Crippen LogP contribution is 2.37. The molecule has 0 amide bonds. The third-order valence-electron chi connectivity index (χ3n) is 6.33. The Balaban J connectivity index is 1.62. The van der Waals surface area contributed by atoms with Crippen LogP contribution in [0.25, 0.3) is 11.4 Å². The number of aryl methyl sites for hydroxylation is 1. The molecule has 0 saturated heterocycles. The highest BCUT2D eigenvalue weighted by molar-refractivity contribution is 5.96. The summed E-state index contributed by atoms with van der Waals surface area (Å²) in [5, 5.41) is 15.3. The van der Waals surface area contributed by atoms with E-state index in [2.05, 4.69) is 49.6 Å². The summed E-state index contributed by atoms with van der Waals surface area (Å²) in [7, 11) is 3.36. The SMILES string of the molecule is CCCC(CCC)Cn1cc(Nc2ncc(C(=O)OCC)c(Nc3cccc(-c4ncn(C)n4)c3OC)n2)cn1. The lowest BCUT2D eigenvalue weighted by molar-refractivity contribution is 0.0526. The van der Waals surface area contributed by atoms with Crippen molar-refractivity contribution in [1.82, 2.24) is 34.5 Å². The number of nitrogens with zero attached hydrogens (tertiary/aromatic N) is 7. The third-order valence-corrected chi connectivity index (χ3v) is 6.33. The standard InChI is InChI=1S/C28H37N9O3/c1-6-10-19(11-7-2)16-37-17-20(14-31-37)32-28-29-15-22(27(38)40-8-3)26(34-28)33-23-13-9-12-21(24(23)39-5)25-30-18-36(4)35-25/h9,12-15,17-19H,6-8,10-11,16H2,1-5H3,(H2,29,32,33,34). The topological polar surface area (TPSA) is 134 Å². The molecule has 1 aromatic carbocycles. The summed E-state index contributed by atoms with van der Waals surface area (Å²) in [4.78, 5) is 26.1. The summed E-state index contributed by atoms with van der Waals surface area (Å²) in [6.07, 6.45) is 11.4. The molecule has 0 spiro atoms. The molecule has 0 aliphatic heterocycles. The van der Waals surface area contributed by atoms with Crippen LogP contribution in [0.5, 0.6) is 5.75 Å². The maximum absolute atomic E-state index is 12.8. The molecule has 0 saturated carbocycles. The number of benzene rings is 1. The van der Waals surface area contributed by atoms with Crippen LogP contribution in [0.15, 0.2) is 43.1 Å². The Kier molecular flexibility index (Phi) is 9.66. The van der Waals surface area contributed by atoms with E-state index >= 15 is 0 Å². The monoisotopic (exact) mass is 547 g/mol. The Labute approximate surface area is 234 Å². The lowest BCUT2D eigenvalue weighted by atomic mass is 9.98. The van der Waals surface area contributed by atoms with Gasteiger partial charge in [-0.25, -0.2) is 14.8 Å². The first-order valence-corrected chi connectivity index (χ1v) is 13.6. The van der Waals surface area contributed by atoms with Crippen LogP contribution >= 0.6 is 0 Å². The molecule has 212 valence electrons. The first-order chi connectivity index (χ1) is 19.4. The molecule has 3 aromatic heterocycles. The zero-order valence-electron chi connectivity index (χ0n) is 23.7. The van der Waals surface area contributed by atoms with Crippen LogP contribution in [0.1, 0.15) is 56.8 Å². The van der Waals surface area contributed by atoms with Crippen LogP contribution in [-0.4, -0.2) is 54.2 Å². The molecule has 0 atom stereocenters. The summed E-state index contributed by atoms with van der Waals surface area (Å²) in [6.45, 7) is 7.25. The Morgan fingerprint density at radius 1 is 1.07 bits per heavy atom. The highest BCUT2D eigenvalue weighted by atomic mass is 16.5. The van der Waals surface area contributed by atoms with E-state index in [0.29, 0.717) is 34.7 Å². The number of carbonyl (C=O) groups excluding carboxylic acids is 1. The molecule has 0 radical (unpaired) electrons. The lowest BCUT2D eigenvalue weighted by Crippen LogP contribution is -2.12. The number of methoxy groups -OCH3 is 1. The maximum atomic E-state index is 12.8. The van der Waals surface area contributed by atoms with E-state index in [0.717, 1.165) is 25.1 Å². The molecule has 3 heterocycles. The van der Waals surface area contributed by atoms with Crippen LogP contribution in [-0.2, 0) is 18.3 Å². The van der Waals surface area contributed by atoms with Gasteiger partial charge in [0.15, 0.2) is 17.4 Å². The quantitative estimate of drug-likeness (QED) is 0.199. The second kappa shape index (κ2) is 13.5. The van der Waals surface area contributed by atoms with Gasteiger partial charge in [0.25, 0.3) is 0 Å². The molecule has 2 N–H and O–H groups in total. The Bertz CT molecular complexity index is 1410. The van der Waals surface area contributed by atoms with E-state index in [4.69, 9.17) is 9.47 Å². The number of rotatable bonds is 14. The Hall–Kier alpha value is -4.48. The highest BCUT2D eigenvalue weighted by Gasteiger charge is 2.20. The average molecular weight is 548 g/mol. The van der Waals surface area contributed by atoms with Gasteiger partial charge in [-0.2, -0.15) is 15.2 Å². The largest absolute Gasteiger partial charge is 0.494 e. The van der Waals surface area contributed by atoms with Crippen LogP contribution in [0.3, 0.4) is 0 Å². The van der Waals surface area contributed by atoms with E-state index in [9.17, 15) is 4.79 Å². The fourth-order valence-corrected chi connectivity index (χ4v) is 4.58. The average Bonchev–Trinajstić information content (AvgIpc) is 3.57. The van der Waals surface area contributed by atoms with Crippen molar-refractivity contribution < 1.29 is 14.3 Å². The maximum Gasteiger partial charge on any atom is 0.343 e. The molecule has 40 heavy (non-hydrogen) atoms. The smallest absolute Gasteiger partial charge is 0.343 e. The number of ether oxygens (including phenoxy) is 2. The minimum atomic E-state index is -0.538.